The molecule has 0 bridgehead atoms. The lowest BCUT2D eigenvalue weighted by molar-refractivity contribution is 1.06. The van der Waals surface area contributed by atoms with Crippen LogP contribution >= 0.6 is 11.6 Å². The van der Waals surface area contributed by atoms with Crippen LogP contribution in [0.4, 0.5) is 11.8 Å². The van der Waals surface area contributed by atoms with E-state index in [4.69, 9.17) is 11.6 Å². The second kappa shape index (κ2) is 5.97. The van der Waals surface area contributed by atoms with Crippen molar-refractivity contribution in [2.75, 3.05) is 17.2 Å². The number of nitrogens with zero attached hydrogens (tertiary/aromatic N) is 3. The molecule has 3 rings (SSSR count). The highest BCUT2D eigenvalue weighted by Crippen LogP contribution is 2.22. The number of anilines is 2. The van der Waals surface area contributed by atoms with Crippen molar-refractivity contribution in [3.05, 3.63) is 41.0 Å². The Kier molecular flexibility index (Phi) is 3.87. The number of rotatable bonds is 5. The van der Waals surface area contributed by atoms with Crippen LogP contribution in [0.2, 0.25) is 5.02 Å². The van der Waals surface area contributed by atoms with Gasteiger partial charge in [0.05, 0.1) is 11.6 Å². The van der Waals surface area contributed by atoms with Crippen molar-refractivity contribution >= 4 is 34.4 Å². The first-order valence-corrected chi connectivity index (χ1v) is 7.08. The summed E-state index contributed by atoms with van der Waals surface area (Å²) in [6.07, 6.45) is 1.71. The first-order valence-electron chi connectivity index (χ1n) is 6.70. The lowest BCUT2D eigenvalue weighted by atomic mass is 10.2. The molecule has 1 aromatic carbocycles. The van der Waals surface area contributed by atoms with Gasteiger partial charge < -0.3 is 10.6 Å². The van der Waals surface area contributed by atoms with Crippen LogP contribution in [0.3, 0.4) is 0 Å². The third-order valence-corrected chi connectivity index (χ3v) is 3.42. The molecular weight excluding hydrogens is 288 g/mol. The van der Waals surface area contributed by atoms with Crippen LogP contribution in [0.25, 0.3) is 11.0 Å². The molecule has 0 spiro atoms. The average Bonchev–Trinajstić information content (AvgIpc) is 2.95. The van der Waals surface area contributed by atoms with Crippen molar-refractivity contribution in [3.8, 4) is 0 Å². The van der Waals surface area contributed by atoms with E-state index < -0.39 is 0 Å². The third kappa shape index (κ3) is 2.90. The Bertz CT molecular complexity index is 754. The van der Waals surface area contributed by atoms with E-state index in [9.17, 15) is 0 Å². The van der Waals surface area contributed by atoms with Crippen LogP contribution in [0.15, 0.2) is 30.5 Å². The predicted octanol–water partition coefficient (Wildman–Crippen LogP) is 3.05. The summed E-state index contributed by atoms with van der Waals surface area (Å²) >= 11 is 6.16. The molecule has 6 nitrogen and oxygen atoms in total. The number of halogens is 1. The number of H-pyrrole nitrogens is 1. The van der Waals surface area contributed by atoms with Gasteiger partial charge in [-0.25, -0.2) is 0 Å². The molecule has 0 amide bonds. The van der Waals surface area contributed by atoms with Crippen LogP contribution < -0.4 is 10.6 Å². The molecule has 21 heavy (non-hydrogen) atoms. The average molecular weight is 303 g/mol. The van der Waals surface area contributed by atoms with Crippen LogP contribution in [-0.4, -0.2) is 26.7 Å². The molecule has 0 saturated heterocycles. The summed E-state index contributed by atoms with van der Waals surface area (Å²) in [5, 5.41) is 14.9. The van der Waals surface area contributed by atoms with E-state index in [0.717, 1.165) is 28.3 Å². The molecule has 108 valence electrons. The Hall–Kier alpha value is -2.34. The summed E-state index contributed by atoms with van der Waals surface area (Å²) in [5.74, 6) is 1.29. The zero-order valence-electron chi connectivity index (χ0n) is 11.5. The van der Waals surface area contributed by atoms with E-state index in [1.807, 2.05) is 31.2 Å². The van der Waals surface area contributed by atoms with E-state index in [1.165, 1.54) is 0 Å². The van der Waals surface area contributed by atoms with E-state index in [0.29, 0.717) is 18.1 Å². The maximum Gasteiger partial charge on any atom is 0.226 e. The fraction of sp³-hybridized carbons (Fsp3) is 0.214. The molecule has 0 saturated carbocycles. The summed E-state index contributed by atoms with van der Waals surface area (Å²) in [5.41, 5.74) is 1.71. The van der Waals surface area contributed by atoms with Gasteiger partial charge in [-0.15, -0.1) is 0 Å². The Balaban J connectivity index is 1.89. The highest BCUT2D eigenvalue weighted by molar-refractivity contribution is 6.31. The summed E-state index contributed by atoms with van der Waals surface area (Å²) in [6.45, 7) is 3.34. The van der Waals surface area contributed by atoms with Crippen LogP contribution in [0.5, 0.6) is 0 Å². The van der Waals surface area contributed by atoms with Gasteiger partial charge in [0.1, 0.15) is 5.82 Å². The molecule has 0 aliphatic heterocycles. The van der Waals surface area contributed by atoms with Crippen molar-refractivity contribution < 1.29 is 0 Å². The van der Waals surface area contributed by atoms with Gasteiger partial charge >= 0.3 is 0 Å². The Morgan fingerprint density at radius 3 is 2.86 bits per heavy atom. The molecule has 0 aliphatic carbocycles. The molecule has 3 N–H and O–H groups in total. The lowest BCUT2D eigenvalue weighted by Gasteiger charge is -2.10. The number of nitrogens with one attached hydrogen (secondary N) is 3. The minimum Gasteiger partial charge on any atom is -0.365 e. The number of aromatic amines is 1. The van der Waals surface area contributed by atoms with Crippen LogP contribution in [0, 0.1) is 0 Å². The van der Waals surface area contributed by atoms with Crippen LogP contribution in [0.1, 0.15) is 12.5 Å². The molecule has 0 atom stereocenters. The maximum atomic E-state index is 6.16. The van der Waals surface area contributed by atoms with Gasteiger partial charge in [0, 0.05) is 18.1 Å². The second-order valence-electron chi connectivity index (χ2n) is 4.50. The second-order valence-corrected chi connectivity index (χ2v) is 4.91. The maximum absolute atomic E-state index is 6.16. The molecule has 0 aliphatic rings. The number of fused-ring (bicyclic) bond motifs is 1. The third-order valence-electron chi connectivity index (χ3n) is 3.05. The van der Waals surface area contributed by atoms with Gasteiger partial charge in [-0.05, 0) is 18.6 Å². The monoisotopic (exact) mass is 302 g/mol. The SMILES string of the molecule is CCNc1nc(NCc2ccccc2Cl)c2cn[nH]c2n1. The number of benzene rings is 1. The first kappa shape index (κ1) is 13.6. The predicted molar refractivity (Wildman–Crippen MR) is 84.6 cm³/mol. The minimum absolute atomic E-state index is 0.566. The van der Waals surface area contributed by atoms with Crippen LogP contribution in [-0.2, 0) is 6.54 Å². The van der Waals surface area contributed by atoms with Gasteiger partial charge in [0.15, 0.2) is 5.65 Å². The van der Waals surface area contributed by atoms with Crippen molar-refractivity contribution in [2.45, 2.75) is 13.5 Å². The molecule has 7 heteroatoms. The smallest absolute Gasteiger partial charge is 0.226 e. The van der Waals surface area contributed by atoms with Crippen molar-refractivity contribution in [2.24, 2.45) is 0 Å². The van der Waals surface area contributed by atoms with E-state index in [-0.39, 0.29) is 0 Å². The van der Waals surface area contributed by atoms with E-state index in [2.05, 4.69) is 30.8 Å². The van der Waals surface area contributed by atoms with Gasteiger partial charge in [-0.3, -0.25) is 5.10 Å². The number of hydrogen-bond donors (Lipinski definition) is 3. The van der Waals surface area contributed by atoms with E-state index >= 15 is 0 Å². The highest BCUT2D eigenvalue weighted by atomic mass is 35.5. The van der Waals surface area contributed by atoms with Crippen molar-refractivity contribution in [3.63, 3.8) is 0 Å². The molecule has 0 fully saturated rings. The molecule has 0 unspecified atom stereocenters. The highest BCUT2D eigenvalue weighted by Gasteiger charge is 2.09. The zero-order chi connectivity index (χ0) is 14.7. The number of hydrogen-bond acceptors (Lipinski definition) is 5. The summed E-state index contributed by atoms with van der Waals surface area (Å²) in [7, 11) is 0. The topological polar surface area (TPSA) is 78.5 Å². The van der Waals surface area contributed by atoms with Gasteiger partial charge in [0.25, 0.3) is 0 Å². The van der Waals surface area contributed by atoms with Crippen molar-refractivity contribution in [1.82, 2.24) is 20.2 Å². The van der Waals surface area contributed by atoms with Crippen molar-refractivity contribution in [1.29, 1.82) is 0 Å². The van der Waals surface area contributed by atoms with E-state index in [1.54, 1.807) is 6.20 Å². The summed E-state index contributed by atoms with van der Waals surface area (Å²) in [4.78, 5) is 8.82. The Morgan fingerprint density at radius 1 is 1.19 bits per heavy atom. The van der Waals surface area contributed by atoms with Gasteiger partial charge in [-0.1, -0.05) is 29.8 Å². The summed E-state index contributed by atoms with van der Waals surface area (Å²) in [6, 6.07) is 7.72. The fourth-order valence-corrected chi connectivity index (χ4v) is 2.23. The normalized spacial score (nSPS) is 10.8. The molecular formula is C14H15ClN6. The molecule has 3 aromatic rings. The number of aromatic nitrogens is 4. The summed E-state index contributed by atoms with van der Waals surface area (Å²) < 4.78 is 0. The van der Waals surface area contributed by atoms with Gasteiger partial charge in [0.2, 0.25) is 5.95 Å². The lowest BCUT2D eigenvalue weighted by Crippen LogP contribution is -2.07. The molecule has 0 radical (unpaired) electrons. The first-order chi connectivity index (χ1) is 10.3. The Labute approximate surface area is 127 Å². The quantitative estimate of drug-likeness (QED) is 0.675. The molecule has 2 aromatic heterocycles. The molecule has 2 heterocycles. The fourth-order valence-electron chi connectivity index (χ4n) is 2.03. The zero-order valence-corrected chi connectivity index (χ0v) is 12.3. The standard InChI is InChI=1S/C14H15ClN6/c1-2-16-14-19-12(10-8-18-21-13(10)20-14)17-7-9-5-3-4-6-11(9)15/h3-6,8H,2,7H2,1H3,(H3,16,17,18,19,20,21). The largest absolute Gasteiger partial charge is 0.365 e. The Morgan fingerprint density at radius 2 is 2.05 bits per heavy atom. The minimum atomic E-state index is 0.566. The van der Waals surface area contributed by atoms with Gasteiger partial charge in [-0.2, -0.15) is 15.1 Å².